The van der Waals surface area contributed by atoms with Crippen molar-refractivity contribution in [3.05, 3.63) is 59.7 Å². The SMILES string of the molecule is CCN(C(=O)CCN(c1ccc(C)cc1)S(C)(=O)=O)c1cccc(C)c1. The van der Waals surface area contributed by atoms with Crippen LogP contribution >= 0.6 is 0 Å². The summed E-state index contributed by atoms with van der Waals surface area (Å²) in [5.41, 5.74) is 3.53. The molecular weight excluding hydrogens is 348 g/mol. The lowest BCUT2D eigenvalue weighted by Gasteiger charge is -2.25. The lowest BCUT2D eigenvalue weighted by atomic mass is 10.2. The Morgan fingerprint density at radius 3 is 2.15 bits per heavy atom. The predicted octanol–water partition coefficient (Wildman–Crippen LogP) is 3.51. The molecule has 0 aliphatic heterocycles. The van der Waals surface area contributed by atoms with E-state index >= 15 is 0 Å². The number of anilines is 2. The van der Waals surface area contributed by atoms with Gasteiger partial charge in [0.05, 0.1) is 11.9 Å². The number of amides is 1. The van der Waals surface area contributed by atoms with E-state index in [1.807, 2.05) is 57.2 Å². The first-order valence-corrected chi connectivity index (χ1v) is 10.5. The molecule has 0 spiro atoms. The van der Waals surface area contributed by atoms with Crippen LogP contribution in [0.1, 0.15) is 24.5 Å². The quantitative estimate of drug-likeness (QED) is 0.745. The average Bonchev–Trinajstić information content (AvgIpc) is 2.56. The minimum atomic E-state index is -3.47. The molecule has 0 radical (unpaired) electrons. The Bertz CT molecular complexity index is 861. The van der Waals surface area contributed by atoms with Crippen LogP contribution in [0.5, 0.6) is 0 Å². The van der Waals surface area contributed by atoms with Gasteiger partial charge in [-0.3, -0.25) is 9.10 Å². The first-order valence-electron chi connectivity index (χ1n) is 8.63. The highest BCUT2D eigenvalue weighted by molar-refractivity contribution is 7.92. The maximum absolute atomic E-state index is 12.7. The van der Waals surface area contributed by atoms with Gasteiger partial charge in [-0.1, -0.05) is 29.8 Å². The van der Waals surface area contributed by atoms with Crippen molar-refractivity contribution >= 4 is 27.3 Å². The van der Waals surface area contributed by atoms with Crippen LogP contribution in [0, 0.1) is 13.8 Å². The highest BCUT2D eigenvalue weighted by Gasteiger charge is 2.21. The van der Waals surface area contributed by atoms with E-state index in [9.17, 15) is 13.2 Å². The standard InChI is InChI=1S/C20H26N2O3S/c1-5-21(19-8-6-7-17(3)15-19)20(23)13-14-22(26(4,24)25)18-11-9-16(2)10-12-18/h6-12,15H,5,13-14H2,1-4H3. The van der Waals surface area contributed by atoms with Crippen molar-refractivity contribution in [3.8, 4) is 0 Å². The van der Waals surface area contributed by atoms with Crippen molar-refractivity contribution in [1.29, 1.82) is 0 Å². The molecule has 0 aliphatic carbocycles. The van der Waals surface area contributed by atoms with Gasteiger partial charge in [0.15, 0.2) is 0 Å². The Morgan fingerprint density at radius 2 is 1.62 bits per heavy atom. The summed E-state index contributed by atoms with van der Waals surface area (Å²) in [6.45, 7) is 6.48. The van der Waals surface area contributed by atoms with Crippen LogP contribution < -0.4 is 9.21 Å². The zero-order valence-electron chi connectivity index (χ0n) is 15.8. The van der Waals surface area contributed by atoms with E-state index in [0.29, 0.717) is 12.2 Å². The van der Waals surface area contributed by atoms with E-state index in [-0.39, 0.29) is 18.9 Å². The Kier molecular flexibility index (Phi) is 6.42. The third-order valence-corrected chi connectivity index (χ3v) is 5.38. The average molecular weight is 375 g/mol. The van der Waals surface area contributed by atoms with Gasteiger partial charge in [0.1, 0.15) is 0 Å². The first kappa shape index (κ1) is 20.0. The van der Waals surface area contributed by atoms with Crippen molar-refractivity contribution in [2.45, 2.75) is 27.2 Å². The van der Waals surface area contributed by atoms with Crippen LogP contribution in [0.4, 0.5) is 11.4 Å². The second kappa shape index (κ2) is 8.36. The molecule has 5 nitrogen and oxygen atoms in total. The molecule has 0 aromatic heterocycles. The van der Waals surface area contributed by atoms with Gasteiger partial charge >= 0.3 is 0 Å². The zero-order valence-corrected chi connectivity index (χ0v) is 16.6. The van der Waals surface area contributed by atoms with Gasteiger partial charge in [0.2, 0.25) is 15.9 Å². The number of hydrogen-bond donors (Lipinski definition) is 0. The van der Waals surface area contributed by atoms with Crippen LogP contribution in [0.2, 0.25) is 0 Å². The fraction of sp³-hybridized carbons (Fsp3) is 0.350. The van der Waals surface area contributed by atoms with E-state index < -0.39 is 10.0 Å². The molecular formula is C20H26N2O3S. The maximum atomic E-state index is 12.7. The largest absolute Gasteiger partial charge is 0.313 e. The number of rotatable bonds is 7. The molecule has 0 N–H and O–H groups in total. The molecule has 1 amide bonds. The molecule has 2 aromatic carbocycles. The van der Waals surface area contributed by atoms with Gasteiger partial charge in [-0.2, -0.15) is 0 Å². The molecule has 6 heteroatoms. The molecule has 0 heterocycles. The first-order chi connectivity index (χ1) is 12.2. The number of nitrogens with zero attached hydrogens (tertiary/aromatic N) is 2. The number of carbonyl (C=O) groups excluding carboxylic acids is 1. The lowest BCUT2D eigenvalue weighted by molar-refractivity contribution is -0.118. The minimum Gasteiger partial charge on any atom is -0.313 e. The van der Waals surface area contributed by atoms with Gasteiger partial charge in [-0.15, -0.1) is 0 Å². The molecule has 0 atom stereocenters. The van der Waals surface area contributed by atoms with Crippen molar-refractivity contribution in [2.24, 2.45) is 0 Å². The van der Waals surface area contributed by atoms with Crippen molar-refractivity contribution in [2.75, 3.05) is 28.6 Å². The summed E-state index contributed by atoms with van der Waals surface area (Å²) in [7, 11) is -3.47. The summed E-state index contributed by atoms with van der Waals surface area (Å²) in [6, 6.07) is 15.0. The van der Waals surface area contributed by atoms with Crippen LogP contribution in [0.25, 0.3) is 0 Å². The molecule has 0 aliphatic rings. The Labute approximate surface area is 156 Å². The summed E-state index contributed by atoms with van der Waals surface area (Å²) in [6.07, 6.45) is 1.28. The van der Waals surface area contributed by atoms with Crippen molar-refractivity contribution in [1.82, 2.24) is 0 Å². The zero-order chi connectivity index (χ0) is 19.3. The summed E-state index contributed by atoms with van der Waals surface area (Å²) in [5, 5.41) is 0. The summed E-state index contributed by atoms with van der Waals surface area (Å²) >= 11 is 0. The minimum absolute atomic E-state index is 0.0983. The fourth-order valence-electron chi connectivity index (χ4n) is 2.83. The van der Waals surface area contributed by atoms with E-state index in [1.54, 1.807) is 17.0 Å². The highest BCUT2D eigenvalue weighted by Crippen LogP contribution is 2.20. The van der Waals surface area contributed by atoms with Gasteiger partial charge in [0.25, 0.3) is 0 Å². The molecule has 0 unspecified atom stereocenters. The summed E-state index contributed by atoms with van der Waals surface area (Å²) in [5.74, 6) is -0.0983. The number of aryl methyl sites for hydroxylation is 2. The van der Waals surface area contributed by atoms with Gasteiger partial charge in [-0.05, 0) is 50.6 Å². The van der Waals surface area contributed by atoms with Crippen LogP contribution in [-0.4, -0.2) is 33.7 Å². The van der Waals surface area contributed by atoms with E-state index in [1.165, 1.54) is 4.31 Å². The maximum Gasteiger partial charge on any atom is 0.232 e. The van der Waals surface area contributed by atoms with Crippen molar-refractivity contribution < 1.29 is 13.2 Å². The molecule has 0 saturated carbocycles. The Morgan fingerprint density at radius 1 is 0.962 bits per heavy atom. The fourth-order valence-corrected chi connectivity index (χ4v) is 3.76. The van der Waals surface area contributed by atoms with E-state index in [4.69, 9.17) is 0 Å². The van der Waals surface area contributed by atoms with Crippen molar-refractivity contribution in [3.63, 3.8) is 0 Å². The van der Waals surface area contributed by atoms with Crippen LogP contribution in [0.3, 0.4) is 0 Å². The summed E-state index contributed by atoms with van der Waals surface area (Å²) < 4.78 is 25.7. The van der Waals surface area contributed by atoms with E-state index in [0.717, 1.165) is 23.1 Å². The highest BCUT2D eigenvalue weighted by atomic mass is 32.2. The Balaban J connectivity index is 2.17. The van der Waals surface area contributed by atoms with Gasteiger partial charge in [0, 0.05) is 25.2 Å². The molecule has 2 rings (SSSR count). The third kappa shape index (κ3) is 5.08. The second-order valence-corrected chi connectivity index (χ2v) is 8.30. The monoisotopic (exact) mass is 374 g/mol. The molecule has 0 fully saturated rings. The molecule has 0 bridgehead atoms. The third-order valence-electron chi connectivity index (χ3n) is 4.18. The normalized spacial score (nSPS) is 11.2. The van der Waals surface area contributed by atoms with Gasteiger partial charge < -0.3 is 4.90 Å². The Hall–Kier alpha value is -2.34. The smallest absolute Gasteiger partial charge is 0.232 e. The predicted molar refractivity (Wildman–Crippen MR) is 107 cm³/mol. The van der Waals surface area contributed by atoms with Crippen LogP contribution in [-0.2, 0) is 14.8 Å². The number of carbonyl (C=O) groups is 1. The lowest BCUT2D eigenvalue weighted by Crippen LogP contribution is -2.37. The second-order valence-electron chi connectivity index (χ2n) is 6.40. The van der Waals surface area contributed by atoms with E-state index in [2.05, 4.69) is 0 Å². The number of benzene rings is 2. The molecule has 26 heavy (non-hydrogen) atoms. The van der Waals surface area contributed by atoms with Gasteiger partial charge in [-0.25, -0.2) is 8.42 Å². The molecule has 140 valence electrons. The molecule has 2 aromatic rings. The van der Waals surface area contributed by atoms with Crippen LogP contribution in [0.15, 0.2) is 48.5 Å². The topological polar surface area (TPSA) is 57.7 Å². The number of hydrogen-bond acceptors (Lipinski definition) is 3. The molecule has 0 saturated heterocycles. The number of sulfonamides is 1. The summed E-state index contributed by atoms with van der Waals surface area (Å²) in [4.78, 5) is 14.4.